The van der Waals surface area contributed by atoms with Gasteiger partial charge in [0.25, 0.3) is 5.91 Å². The first kappa shape index (κ1) is 17.6. The lowest BCUT2D eigenvalue weighted by Gasteiger charge is -2.39. The predicted octanol–water partition coefficient (Wildman–Crippen LogP) is 0.824. The molecule has 0 radical (unpaired) electrons. The highest BCUT2D eigenvalue weighted by Crippen LogP contribution is 2.29. The maximum Gasteiger partial charge on any atom is 0.417 e. The minimum Gasteiger partial charge on any atom is -0.491 e. The molecule has 8 nitrogen and oxygen atoms in total. The molecule has 0 bridgehead atoms. The number of sulfonamides is 1. The maximum absolute atomic E-state index is 13.9. The first-order valence-corrected chi connectivity index (χ1v) is 9.16. The maximum atomic E-state index is 13.9. The number of hydrogen-bond donors (Lipinski definition) is 0. The molecule has 2 saturated heterocycles. The van der Waals surface area contributed by atoms with E-state index < -0.39 is 27.8 Å². The Morgan fingerprint density at radius 3 is 2.60 bits per heavy atom. The van der Waals surface area contributed by atoms with Crippen molar-refractivity contribution in [3.8, 4) is 5.75 Å². The highest BCUT2D eigenvalue weighted by atomic mass is 32.2. The Bertz CT molecular complexity index is 790. The highest BCUT2D eigenvalue weighted by molar-refractivity contribution is 7.89. The lowest BCUT2D eigenvalue weighted by Crippen LogP contribution is -2.54. The van der Waals surface area contributed by atoms with Crippen molar-refractivity contribution in [3.63, 3.8) is 0 Å². The predicted molar refractivity (Wildman–Crippen MR) is 82.9 cm³/mol. The van der Waals surface area contributed by atoms with Crippen molar-refractivity contribution in [1.29, 1.82) is 0 Å². The molecule has 1 aromatic carbocycles. The molecular formula is C15H17FN2O6S. The molecule has 0 atom stereocenters. The molecule has 0 aliphatic carbocycles. The number of halogens is 1. The number of imide groups is 1. The van der Waals surface area contributed by atoms with E-state index in [2.05, 4.69) is 4.74 Å². The number of carbonyl (C=O) groups is 2. The van der Waals surface area contributed by atoms with E-state index in [0.717, 1.165) is 11.0 Å². The average Bonchev–Trinajstić information content (AvgIpc) is 2.83. The highest BCUT2D eigenvalue weighted by Gasteiger charge is 2.41. The van der Waals surface area contributed by atoms with Crippen molar-refractivity contribution in [2.45, 2.75) is 11.8 Å². The van der Waals surface area contributed by atoms with Crippen LogP contribution in [0.15, 0.2) is 23.1 Å². The summed E-state index contributed by atoms with van der Waals surface area (Å²) in [4.78, 5) is 23.7. The minimum absolute atomic E-state index is 0.00556. The smallest absolute Gasteiger partial charge is 0.417 e. The van der Waals surface area contributed by atoms with Crippen LogP contribution in [0.3, 0.4) is 0 Å². The zero-order chi connectivity index (χ0) is 18.2. The summed E-state index contributed by atoms with van der Waals surface area (Å²) in [5.41, 5.74) is 0. The van der Waals surface area contributed by atoms with Crippen LogP contribution in [0.5, 0.6) is 5.75 Å². The molecule has 2 aliphatic heterocycles. The zero-order valence-electron chi connectivity index (χ0n) is 13.5. The molecule has 0 aromatic heterocycles. The minimum atomic E-state index is -3.83. The number of amides is 2. The molecule has 25 heavy (non-hydrogen) atoms. The van der Waals surface area contributed by atoms with Crippen molar-refractivity contribution >= 4 is 22.0 Å². The summed E-state index contributed by atoms with van der Waals surface area (Å²) in [5.74, 6) is -1.35. The number of cyclic esters (lactones) is 1. The molecule has 0 saturated carbocycles. The number of carbonyl (C=O) groups excluding carboxylic acids is 2. The first-order valence-electron chi connectivity index (χ1n) is 7.72. The number of rotatable bonds is 6. The van der Waals surface area contributed by atoms with Gasteiger partial charge in [0.1, 0.15) is 0 Å². The average molecular weight is 372 g/mol. The molecule has 1 aromatic rings. The number of nitrogens with zero attached hydrogens (tertiary/aromatic N) is 2. The van der Waals surface area contributed by atoms with Crippen molar-refractivity contribution < 1.29 is 31.9 Å². The van der Waals surface area contributed by atoms with E-state index in [4.69, 9.17) is 4.74 Å². The number of ether oxygens (including phenoxy) is 2. The third-order valence-electron chi connectivity index (χ3n) is 4.05. The van der Waals surface area contributed by atoms with Crippen LogP contribution in [0.2, 0.25) is 0 Å². The van der Waals surface area contributed by atoms with Crippen LogP contribution in [0.1, 0.15) is 6.92 Å². The van der Waals surface area contributed by atoms with Crippen molar-refractivity contribution in [3.05, 3.63) is 24.0 Å². The second kappa shape index (κ2) is 6.60. The van der Waals surface area contributed by atoms with E-state index in [1.807, 2.05) is 0 Å². The molecule has 2 amide bonds. The summed E-state index contributed by atoms with van der Waals surface area (Å²) < 4.78 is 49.7. The van der Waals surface area contributed by atoms with Crippen LogP contribution >= 0.6 is 0 Å². The standard InChI is InChI=1S/C15H17FN2O6S/c1-2-23-13-4-3-11(5-12(13)16)25(21,22)17-6-10(7-17)8-18-14(19)9-24-15(18)20/h3-5,10H,2,6-9H2,1H3. The normalized spacial score (nSPS) is 19.0. The Labute approximate surface area is 144 Å². The van der Waals surface area contributed by atoms with Gasteiger partial charge in [0.2, 0.25) is 10.0 Å². The van der Waals surface area contributed by atoms with Crippen LogP contribution in [-0.2, 0) is 19.6 Å². The van der Waals surface area contributed by atoms with Crippen LogP contribution < -0.4 is 4.74 Å². The van der Waals surface area contributed by atoms with Gasteiger partial charge in [0.15, 0.2) is 18.2 Å². The molecule has 2 aliphatic rings. The van der Waals surface area contributed by atoms with Gasteiger partial charge in [-0.05, 0) is 25.1 Å². The van der Waals surface area contributed by atoms with E-state index in [1.54, 1.807) is 6.92 Å². The van der Waals surface area contributed by atoms with Gasteiger partial charge in [-0.3, -0.25) is 4.79 Å². The van der Waals surface area contributed by atoms with E-state index in [1.165, 1.54) is 16.4 Å². The second-order valence-corrected chi connectivity index (χ2v) is 7.71. The summed E-state index contributed by atoms with van der Waals surface area (Å²) in [5, 5.41) is 0. The molecule has 0 N–H and O–H groups in total. The van der Waals surface area contributed by atoms with E-state index >= 15 is 0 Å². The Hall–Kier alpha value is -2.20. The SMILES string of the molecule is CCOc1ccc(S(=O)(=O)N2CC(CN3C(=O)COC3=O)C2)cc1F. The Morgan fingerprint density at radius 1 is 1.32 bits per heavy atom. The van der Waals surface area contributed by atoms with E-state index in [0.29, 0.717) is 0 Å². The monoisotopic (exact) mass is 372 g/mol. The topological polar surface area (TPSA) is 93.2 Å². The third kappa shape index (κ3) is 3.31. The van der Waals surface area contributed by atoms with E-state index in [-0.39, 0.29) is 49.4 Å². The van der Waals surface area contributed by atoms with Gasteiger partial charge >= 0.3 is 6.09 Å². The van der Waals surface area contributed by atoms with Gasteiger partial charge in [-0.1, -0.05) is 0 Å². The Kier molecular flexibility index (Phi) is 4.65. The lowest BCUT2D eigenvalue weighted by atomic mass is 10.0. The summed E-state index contributed by atoms with van der Waals surface area (Å²) >= 11 is 0. The fourth-order valence-electron chi connectivity index (χ4n) is 2.71. The quantitative estimate of drug-likeness (QED) is 0.734. The van der Waals surface area contributed by atoms with Gasteiger partial charge in [0, 0.05) is 25.6 Å². The molecule has 2 fully saturated rings. The van der Waals surface area contributed by atoms with Gasteiger partial charge in [0.05, 0.1) is 11.5 Å². The van der Waals surface area contributed by atoms with Crippen LogP contribution in [0.25, 0.3) is 0 Å². The summed E-state index contributed by atoms with van der Waals surface area (Å²) in [6.07, 6.45) is -0.708. The summed E-state index contributed by atoms with van der Waals surface area (Å²) in [6, 6.07) is 3.50. The van der Waals surface area contributed by atoms with Crippen LogP contribution in [0.4, 0.5) is 9.18 Å². The van der Waals surface area contributed by atoms with Crippen molar-refractivity contribution in [2.24, 2.45) is 5.92 Å². The van der Waals surface area contributed by atoms with Gasteiger partial charge in [-0.25, -0.2) is 22.5 Å². The first-order chi connectivity index (χ1) is 11.8. The lowest BCUT2D eigenvalue weighted by molar-refractivity contribution is -0.126. The number of hydrogen-bond acceptors (Lipinski definition) is 6. The van der Waals surface area contributed by atoms with Gasteiger partial charge < -0.3 is 9.47 Å². The molecule has 0 spiro atoms. The zero-order valence-corrected chi connectivity index (χ0v) is 14.3. The fraction of sp³-hybridized carbons (Fsp3) is 0.467. The Balaban J connectivity index is 1.64. The molecule has 136 valence electrons. The summed E-state index contributed by atoms with van der Waals surface area (Å²) in [6.45, 7) is 2.10. The van der Waals surface area contributed by atoms with Crippen LogP contribution in [-0.4, -0.2) is 62.5 Å². The Morgan fingerprint density at radius 2 is 2.04 bits per heavy atom. The fourth-order valence-corrected chi connectivity index (χ4v) is 4.32. The molecule has 3 rings (SSSR count). The van der Waals surface area contributed by atoms with E-state index in [9.17, 15) is 22.4 Å². The van der Waals surface area contributed by atoms with Gasteiger partial charge in [-0.15, -0.1) is 0 Å². The molecule has 0 unspecified atom stereocenters. The molecule has 2 heterocycles. The number of benzene rings is 1. The van der Waals surface area contributed by atoms with Crippen molar-refractivity contribution in [2.75, 3.05) is 32.8 Å². The van der Waals surface area contributed by atoms with Crippen LogP contribution in [0, 0.1) is 11.7 Å². The van der Waals surface area contributed by atoms with Gasteiger partial charge in [-0.2, -0.15) is 4.31 Å². The molecule has 10 heteroatoms. The second-order valence-electron chi connectivity index (χ2n) is 5.77. The molecular weight excluding hydrogens is 355 g/mol. The third-order valence-corrected chi connectivity index (χ3v) is 5.87. The summed E-state index contributed by atoms with van der Waals surface area (Å²) in [7, 11) is -3.83. The largest absolute Gasteiger partial charge is 0.491 e. The van der Waals surface area contributed by atoms with Crippen molar-refractivity contribution in [1.82, 2.24) is 9.21 Å².